The Kier molecular flexibility index (Phi) is 6.57. The van der Waals surface area contributed by atoms with Crippen LogP contribution in [-0.2, 0) is 12.5 Å². The number of rotatable bonds is 8. The van der Waals surface area contributed by atoms with Gasteiger partial charge in [0.25, 0.3) is 0 Å². The predicted octanol–water partition coefficient (Wildman–Crippen LogP) is 3.86. The number of aryl methyl sites for hydroxylation is 1. The first-order chi connectivity index (χ1) is 15.4. The number of oxazole rings is 1. The lowest BCUT2D eigenvalue weighted by Crippen LogP contribution is -2.28. The maximum absolute atomic E-state index is 11.8. The van der Waals surface area contributed by atoms with Gasteiger partial charge in [-0.2, -0.15) is 0 Å². The van der Waals surface area contributed by atoms with Gasteiger partial charge in [-0.1, -0.05) is 17.8 Å². The lowest BCUT2D eigenvalue weighted by atomic mass is 9.92. The number of thioether (sulfide) groups is 1. The van der Waals surface area contributed by atoms with Crippen molar-refractivity contribution in [1.82, 2.24) is 24.6 Å². The first-order valence-corrected chi connectivity index (χ1v) is 11.9. The Morgan fingerprint density at radius 1 is 1.36 bits per heavy atom. The van der Waals surface area contributed by atoms with Gasteiger partial charge in [0, 0.05) is 31.3 Å². The molecular formula is C23H28ClN5O3S. The molecule has 3 aromatic rings. The smallest absolute Gasteiger partial charge is 0.202 e. The molecule has 0 bridgehead atoms. The van der Waals surface area contributed by atoms with E-state index in [-0.39, 0.29) is 29.4 Å². The molecule has 2 fully saturated rings. The summed E-state index contributed by atoms with van der Waals surface area (Å²) in [7, 11) is 1.95. The second-order valence-electron chi connectivity index (χ2n) is 8.91. The van der Waals surface area contributed by atoms with E-state index in [1.165, 1.54) is 25.3 Å². The van der Waals surface area contributed by atoms with Gasteiger partial charge in [-0.25, -0.2) is 4.98 Å². The molecule has 0 amide bonds. The van der Waals surface area contributed by atoms with E-state index in [4.69, 9.17) is 4.42 Å². The second-order valence-corrected chi connectivity index (χ2v) is 9.98. The maximum Gasteiger partial charge on any atom is 0.202 e. The maximum atomic E-state index is 11.8. The van der Waals surface area contributed by atoms with Gasteiger partial charge in [0.05, 0.1) is 11.3 Å². The zero-order valence-corrected chi connectivity index (χ0v) is 20.6. The van der Waals surface area contributed by atoms with Gasteiger partial charge in [-0.05, 0) is 56.8 Å². The number of carbonyl (C=O) groups is 1. The topological polar surface area (TPSA) is 97.3 Å². The van der Waals surface area contributed by atoms with E-state index in [0.29, 0.717) is 23.1 Å². The minimum atomic E-state index is -0.0877. The third-order valence-electron chi connectivity index (χ3n) is 6.80. The SMILES string of the molecule is CC(=O)c1cc(C23C[C@@H]2CN(CCCSc2nnc(-c4ocnc4C)n2C)C3)ccc1O.Cl. The van der Waals surface area contributed by atoms with Crippen molar-refractivity contribution < 1.29 is 14.3 Å². The van der Waals surface area contributed by atoms with E-state index in [9.17, 15) is 9.90 Å². The Balaban J connectivity index is 0.00000259. The fourth-order valence-corrected chi connectivity index (χ4v) is 5.77. The summed E-state index contributed by atoms with van der Waals surface area (Å²) in [5.41, 5.74) is 2.58. The van der Waals surface area contributed by atoms with E-state index in [1.807, 2.05) is 30.7 Å². The van der Waals surface area contributed by atoms with Crippen LogP contribution in [0.4, 0.5) is 0 Å². The number of carbonyl (C=O) groups excluding carboxylic acids is 1. The number of nitrogens with zero attached hydrogens (tertiary/aromatic N) is 5. The third kappa shape index (κ3) is 4.29. The highest BCUT2D eigenvalue weighted by Crippen LogP contribution is 2.59. The monoisotopic (exact) mass is 489 g/mol. The standard InChI is InChI=1S/C23H27N5O3S.ClH/c1-14-20(31-13-24-14)21-25-26-22(27(21)3)32-8-4-7-28-11-17-10-23(17,12-28)16-5-6-19(30)18(9-16)15(2)29;/h5-6,9,13,17,30H,4,7-8,10-12H2,1-3H3;1H/t17-,23?;/m1./s1. The molecule has 1 N–H and O–H groups in total. The van der Waals surface area contributed by atoms with Gasteiger partial charge in [0.2, 0.25) is 5.82 Å². The number of piperidine rings is 1. The summed E-state index contributed by atoms with van der Waals surface area (Å²) < 4.78 is 7.40. The molecule has 3 heterocycles. The number of phenolic OH excluding ortho intramolecular Hbond substituents is 1. The number of Topliss-reactive ketones (excluding diaryl/α,β-unsaturated/α-hetero) is 1. The second kappa shape index (κ2) is 9.12. The fraction of sp³-hybridized carbons (Fsp3) is 0.478. The molecule has 1 aromatic carbocycles. The first kappa shape index (κ1) is 23.8. The number of hydrogen-bond donors (Lipinski definition) is 1. The van der Waals surface area contributed by atoms with E-state index in [1.54, 1.807) is 17.8 Å². The molecule has 1 aliphatic carbocycles. The summed E-state index contributed by atoms with van der Waals surface area (Å²) in [6.07, 6.45) is 3.66. The molecule has 2 aromatic heterocycles. The van der Waals surface area contributed by atoms with E-state index >= 15 is 0 Å². The van der Waals surface area contributed by atoms with Crippen LogP contribution in [0, 0.1) is 12.8 Å². The van der Waals surface area contributed by atoms with Crippen LogP contribution in [0.3, 0.4) is 0 Å². The molecule has 10 heteroatoms. The lowest BCUT2D eigenvalue weighted by Gasteiger charge is -2.21. The molecule has 5 rings (SSSR count). The molecule has 0 radical (unpaired) electrons. The molecule has 33 heavy (non-hydrogen) atoms. The van der Waals surface area contributed by atoms with Crippen molar-refractivity contribution in [2.75, 3.05) is 25.4 Å². The van der Waals surface area contributed by atoms with Gasteiger partial charge in [-0.15, -0.1) is 22.6 Å². The summed E-state index contributed by atoms with van der Waals surface area (Å²) >= 11 is 1.70. The molecule has 176 valence electrons. The Labute approximate surface area is 203 Å². The van der Waals surface area contributed by atoms with E-state index in [2.05, 4.69) is 20.1 Å². The van der Waals surface area contributed by atoms with Crippen LogP contribution in [0.1, 0.15) is 41.4 Å². The van der Waals surface area contributed by atoms with Crippen molar-refractivity contribution in [2.24, 2.45) is 13.0 Å². The number of likely N-dealkylation sites (tertiary alicyclic amines) is 1. The molecule has 0 spiro atoms. The first-order valence-electron chi connectivity index (χ1n) is 10.9. The highest BCUT2D eigenvalue weighted by molar-refractivity contribution is 7.99. The summed E-state index contributed by atoms with van der Waals surface area (Å²) in [5.74, 6) is 2.95. The highest BCUT2D eigenvalue weighted by Gasteiger charge is 2.60. The zero-order valence-electron chi connectivity index (χ0n) is 18.9. The van der Waals surface area contributed by atoms with Crippen molar-refractivity contribution in [1.29, 1.82) is 0 Å². The molecular weight excluding hydrogens is 462 g/mol. The summed E-state index contributed by atoms with van der Waals surface area (Å²) in [4.78, 5) is 18.5. The zero-order chi connectivity index (χ0) is 22.5. The predicted molar refractivity (Wildman–Crippen MR) is 128 cm³/mol. The number of fused-ring (bicyclic) bond motifs is 1. The number of benzene rings is 1. The quantitative estimate of drug-likeness (QED) is 0.289. The summed E-state index contributed by atoms with van der Waals surface area (Å²) in [6.45, 7) is 6.55. The van der Waals surface area contributed by atoms with Gasteiger partial charge < -0.3 is 19.0 Å². The number of aromatic hydroxyl groups is 1. The fourth-order valence-electron chi connectivity index (χ4n) is 4.94. The van der Waals surface area contributed by atoms with Crippen LogP contribution in [0.15, 0.2) is 34.2 Å². The highest BCUT2D eigenvalue weighted by atomic mass is 35.5. The van der Waals surface area contributed by atoms with Gasteiger partial charge in [-0.3, -0.25) is 4.79 Å². The minimum absolute atomic E-state index is 0. The number of aromatic nitrogens is 4. The van der Waals surface area contributed by atoms with Crippen LogP contribution in [0.25, 0.3) is 11.6 Å². The third-order valence-corrected chi connectivity index (χ3v) is 7.91. The summed E-state index contributed by atoms with van der Waals surface area (Å²) in [5, 5.41) is 19.4. The van der Waals surface area contributed by atoms with E-state index in [0.717, 1.165) is 42.7 Å². The number of halogens is 1. The number of phenols is 1. The van der Waals surface area contributed by atoms with Crippen LogP contribution in [0.5, 0.6) is 5.75 Å². The Morgan fingerprint density at radius 2 is 2.18 bits per heavy atom. The van der Waals surface area contributed by atoms with Crippen molar-refractivity contribution in [2.45, 2.75) is 37.3 Å². The molecule has 8 nitrogen and oxygen atoms in total. The average Bonchev–Trinajstić information content (AvgIpc) is 3.06. The molecule has 1 saturated carbocycles. The van der Waals surface area contributed by atoms with Crippen LogP contribution < -0.4 is 0 Å². The lowest BCUT2D eigenvalue weighted by molar-refractivity contribution is 0.101. The number of hydrogen-bond acceptors (Lipinski definition) is 8. The Morgan fingerprint density at radius 3 is 2.91 bits per heavy atom. The molecule has 1 unspecified atom stereocenters. The molecule has 2 atom stereocenters. The van der Waals surface area contributed by atoms with Crippen LogP contribution >= 0.6 is 24.2 Å². The van der Waals surface area contributed by atoms with Gasteiger partial charge >= 0.3 is 0 Å². The van der Waals surface area contributed by atoms with Crippen LogP contribution in [-0.4, -0.2) is 60.9 Å². The van der Waals surface area contributed by atoms with Crippen molar-refractivity contribution in [3.05, 3.63) is 41.4 Å². The van der Waals surface area contributed by atoms with Gasteiger partial charge in [0.15, 0.2) is 23.1 Å². The van der Waals surface area contributed by atoms with Crippen molar-refractivity contribution in [3.8, 4) is 17.3 Å². The average molecular weight is 490 g/mol. The molecule has 2 aliphatic rings. The Bertz CT molecular complexity index is 1180. The van der Waals surface area contributed by atoms with Crippen molar-refractivity contribution in [3.63, 3.8) is 0 Å². The molecule has 1 aliphatic heterocycles. The van der Waals surface area contributed by atoms with E-state index < -0.39 is 0 Å². The Hall–Kier alpha value is -2.36. The normalized spacial score (nSPS) is 21.6. The molecule has 1 saturated heterocycles. The number of ketones is 1. The minimum Gasteiger partial charge on any atom is -0.507 e. The largest absolute Gasteiger partial charge is 0.507 e. The summed E-state index contributed by atoms with van der Waals surface area (Å²) in [6, 6.07) is 5.56. The van der Waals surface area contributed by atoms with Gasteiger partial charge in [0.1, 0.15) is 5.75 Å². The van der Waals surface area contributed by atoms with Crippen LogP contribution in [0.2, 0.25) is 0 Å². The van der Waals surface area contributed by atoms with Crippen molar-refractivity contribution >= 4 is 30.0 Å².